The summed E-state index contributed by atoms with van der Waals surface area (Å²) in [5.74, 6) is 1.27. The lowest BCUT2D eigenvalue weighted by Gasteiger charge is -2.12. The Hall–Kier alpha value is -2.24. The van der Waals surface area contributed by atoms with Gasteiger partial charge in [-0.3, -0.25) is 4.79 Å². The highest BCUT2D eigenvalue weighted by atomic mass is 35.5. The number of anilines is 1. The van der Waals surface area contributed by atoms with Gasteiger partial charge in [-0.2, -0.15) is 0 Å². The van der Waals surface area contributed by atoms with E-state index in [9.17, 15) is 4.79 Å². The van der Waals surface area contributed by atoms with Crippen LogP contribution in [0.4, 0.5) is 5.69 Å². The Morgan fingerprint density at radius 3 is 2.96 bits per heavy atom. The molecule has 1 aliphatic rings. The fraction of sp³-hybridized carbons (Fsp3) is 0.278. The molecule has 2 aromatic rings. The van der Waals surface area contributed by atoms with Crippen LogP contribution in [-0.4, -0.2) is 25.7 Å². The average molecular weight is 349 g/mol. The van der Waals surface area contributed by atoms with Crippen molar-refractivity contribution in [3.05, 3.63) is 53.6 Å². The van der Waals surface area contributed by atoms with E-state index < -0.39 is 0 Å². The zero-order valence-electron chi connectivity index (χ0n) is 13.5. The summed E-state index contributed by atoms with van der Waals surface area (Å²) in [5.41, 5.74) is 2.31. The minimum atomic E-state index is -0.184. The van der Waals surface area contributed by atoms with Crippen molar-refractivity contribution in [3.63, 3.8) is 0 Å². The number of para-hydroxylation sites is 1. The third-order valence-corrected chi connectivity index (χ3v) is 3.60. The number of nitrogens with one attached hydrogen (secondary N) is 2. The van der Waals surface area contributed by atoms with Gasteiger partial charge in [0.2, 0.25) is 0 Å². The number of hydrogen-bond donors (Lipinski definition) is 2. The maximum absolute atomic E-state index is 12.5. The van der Waals surface area contributed by atoms with Crippen LogP contribution < -0.4 is 20.1 Å². The third-order valence-electron chi connectivity index (χ3n) is 3.60. The summed E-state index contributed by atoms with van der Waals surface area (Å²) in [7, 11) is 0. The number of ether oxygens (including phenoxy) is 2. The van der Waals surface area contributed by atoms with Crippen molar-refractivity contribution in [1.82, 2.24) is 5.32 Å². The topological polar surface area (TPSA) is 59.6 Å². The van der Waals surface area contributed by atoms with E-state index in [0.29, 0.717) is 24.5 Å². The third kappa shape index (κ3) is 4.19. The molecule has 0 fully saturated rings. The molecule has 128 valence electrons. The van der Waals surface area contributed by atoms with Crippen molar-refractivity contribution in [2.24, 2.45) is 0 Å². The Morgan fingerprint density at radius 2 is 2.12 bits per heavy atom. The standard InChI is InChI=1S/C18H20N2O3.ClH/c1-2-22-17-6-4-3-5-15(17)18(21)20-14-7-8-16-13(11-14)12-19-9-10-23-16;/h3-8,11,19H,2,9-10,12H2,1H3,(H,20,21);1H. The molecule has 5 nitrogen and oxygen atoms in total. The molecule has 2 aromatic carbocycles. The highest BCUT2D eigenvalue weighted by Gasteiger charge is 2.14. The zero-order valence-corrected chi connectivity index (χ0v) is 14.3. The molecular formula is C18H21ClN2O3. The summed E-state index contributed by atoms with van der Waals surface area (Å²) in [6.45, 7) is 4.62. The summed E-state index contributed by atoms with van der Waals surface area (Å²) in [6, 6.07) is 12.9. The minimum absolute atomic E-state index is 0. The zero-order chi connectivity index (χ0) is 16.1. The molecule has 2 N–H and O–H groups in total. The quantitative estimate of drug-likeness (QED) is 0.890. The number of halogens is 1. The van der Waals surface area contributed by atoms with E-state index in [-0.39, 0.29) is 18.3 Å². The van der Waals surface area contributed by atoms with E-state index in [2.05, 4.69) is 10.6 Å². The maximum Gasteiger partial charge on any atom is 0.259 e. The molecule has 1 heterocycles. The van der Waals surface area contributed by atoms with E-state index in [1.165, 1.54) is 0 Å². The van der Waals surface area contributed by atoms with Gasteiger partial charge in [-0.15, -0.1) is 12.4 Å². The van der Waals surface area contributed by atoms with Crippen molar-refractivity contribution >= 4 is 24.0 Å². The predicted octanol–water partition coefficient (Wildman–Crippen LogP) is 3.24. The predicted molar refractivity (Wildman–Crippen MR) is 96.5 cm³/mol. The van der Waals surface area contributed by atoms with Gasteiger partial charge in [0.25, 0.3) is 5.91 Å². The van der Waals surface area contributed by atoms with Gasteiger partial charge in [-0.1, -0.05) is 12.1 Å². The van der Waals surface area contributed by atoms with Gasteiger partial charge in [0.15, 0.2) is 0 Å². The van der Waals surface area contributed by atoms with Gasteiger partial charge in [0.1, 0.15) is 18.1 Å². The first kappa shape index (κ1) is 18.1. The van der Waals surface area contributed by atoms with Crippen molar-refractivity contribution in [3.8, 4) is 11.5 Å². The van der Waals surface area contributed by atoms with Crippen LogP contribution in [0, 0.1) is 0 Å². The fourth-order valence-electron chi connectivity index (χ4n) is 2.53. The van der Waals surface area contributed by atoms with Gasteiger partial charge < -0.3 is 20.1 Å². The number of carbonyl (C=O) groups excluding carboxylic acids is 1. The first-order chi connectivity index (χ1) is 11.3. The molecule has 0 saturated carbocycles. The van der Waals surface area contributed by atoms with Crippen LogP contribution in [0.15, 0.2) is 42.5 Å². The molecule has 0 saturated heterocycles. The smallest absolute Gasteiger partial charge is 0.259 e. The van der Waals surface area contributed by atoms with E-state index >= 15 is 0 Å². The number of hydrogen-bond acceptors (Lipinski definition) is 4. The van der Waals surface area contributed by atoms with Crippen LogP contribution in [0.2, 0.25) is 0 Å². The Morgan fingerprint density at radius 1 is 1.29 bits per heavy atom. The summed E-state index contributed by atoms with van der Waals surface area (Å²) < 4.78 is 11.2. The Labute approximate surface area is 147 Å². The molecule has 24 heavy (non-hydrogen) atoms. The first-order valence-electron chi connectivity index (χ1n) is 7.77. The molecule has 1 amide bonds. The Balaban J connectivity index is 0.00000208. The van der Waals surface area contributed by atoms with Crippen molar-refractivity contribution in [2.75, 3.05) is 25.1 Å². The van der Waals surface area contributed by atoms with E-state index in [4.69, 9.17) is 9.47 Å². The van der Waals surface area contributed by atoms with E-state index in [0.717, 1.165) is 30.1 Å². The highest BCUT2D eigenvalue weighted by Crippen LogP contribution is 2.25. The number of amides is 1. The molecular weight excluding hydrogens is 328 g/mol. The second kappa shape index (κ2) is 8.57. The molecule has 0 atom stereocenters. The van der Waals surface area contributed by atoms with Gasteiger partial charge in [-0.25, -0.2) is 0 Å². The van der Waals surface area contributed by atoms with Crippen LogP contribution in [0.25, 0.3) is 0 Å². The number of carbonyl (C=O) groups is 1. The van der Waals surface area contributed by atoms with Crippen LogP contribution >= 0.6 is 12.4 Å². The summed E-state index contributed by atoms with van der Waals surface area (Å²) in [5, 5.41) is 6.21. The Kier molecular flexibility index (Phi) is 6.46. The summed E-state index contributed by atoms with van der Waals surface area (Å²) >= 11 is 0. The number of fused-ring (bicyclic) bond motifs is 1. The molecule has 1 aliphatic heterocycles. The van der Waals surface area contributed by atoms with E-state index in [1.807, 2.05) is 37.3 Å². The second-order valence-electron chi connectivity index (χ2n) is 5.23. The molecule has 0 aliphatic carbocycles. The molecule has 0 radical (unpaired) electrons. The molecule has 0 unspecified atom stereocenters. The lowest BCUT2D eigenvalue weighted by atomic mass is 10.1. The first-order valence-corrected chi connectivity index (χ1v) is 7.77. The van der Waals surface area contributed by atoms with Crippen LogP contribution in [0.5, 0.6) is 11.5 Å². The van der Waals surface area contributed by atoms with Crippen LogP contribution in [0.3, 0.4) is 0 Å². The summed E-state index contributed by atoms with van der Waals surface area (Å²) in [4.78, 5) is 12.5. The van der Waals surface area contributed by atoms with Gasteiger partial charge >= 0.3 is 0 Å². The van der Waals surface area contributed by atoms with Crippen molar-refractivity contribution in [2.45, 2.75) is 13.5 Å². The highest BCUT2D eigenvalue weighted by molar-refractivity contribution is 6.06. The number of benzene rings is 2. The fourth-order valence-corrected chi connectivity index (χ4v) is 2.53. The van der Waals surface area contributed by atoms with Gasteiger partial charge in [0.05, 0.1) is 12.2 Å². The number of rotatable bonds is 4. The minimum Gasteiger partial charge on any atom is -0.493 e. The normalized spacial score (nSPS) is 12.9. The lowest BCUT2D eigenvalue weighted by molar-refractivity contribution is 0.102. The Bertz CT molecular complexity index is 706. The second-order valence-corrected chi connectivity index (χ2v) is 5.23. The van der Waals surface area contributed by atoms with Crippen LogP contribution in [0.1, 0.15) is 22.8 Å². The SMILES string of the molecule is CCOc1ccccc1C(=O)Nc1ccc2c(c1)CNCCO2.Cl. The van der Waals surface area contributed by atoms with Gasteiger partial charge in [-0.05, 0) is 37.3 Å². The lowest BCUT2D eigenvalue weighted by Crippen LogP contribution is -2.16. The molecule has 0 spiro atoms. The van der Waals surface area contributed by atoms with Crippen molar-refractivity contribution < 1.29 is 14.3 Å². The molecule has 6 heteroatoms. The van der Waals surface area contributed by atoms with E-state index in [1.54, 1.807) is 12.1 Å². The molecule has 0 bridgehead atoms. The van der Waals surface area contributed by atoms with Crippen LogP contribution in [-0.2, 0) is 6.54 Å². The maximum atomic E-state index is 12.5. The van der Waals surface area contributed by atoms with Gasteiger partial charge in [0, 0.05) is 24.3 Å². The molecule has 3 rings (SSSR count). The molecule has 0 aromatic heterocycles. The van der Waals surface area contributed by atoms with Crippen molar-refractivity contribution in [1.29, 1.82) is 0 Å². The average Bonchev–Trinajstić information content (AvgIpc) is 2.80. The summed E-state index contributed by atoms with van der Waals surface area (Å²) in [6.07, 6.45) is 0. The largest absolute Gasteiger partial charge is 0.493 e. The monoisotopic (exact) mass is 348 g/mol.